The van der Waals surface area contributed by atoms with Crippen LogP contribution in [0, 0.1) is 0 Å². The molecule has 5 nitrogen and oxygen atoms in total. The minimum Gasteiger partial charge on any atom is -0.497 e. The van der Waals surface area contributed by atoms with Crippen LogP contribution in [-0.2, 0) is 23.1 Å². The molecule has 1 heterocycles. The highest BCUT2D eigenvalue weighted by molar-refractivity contribution is 7.89. The van der Waals surface area contributed by atoms with Crippen LogP contribution < -0.4 is 15.2 Å². The quantitative estimate of drug-likeness (QED) is 0.850. The first-order valence-electron chi connectivity index (χ1n) is 5.95. The van der Waals surface area contributed by atoms with E-state index in [1.165, 1.54) is 11.3 Å². The van der Waals surface area contributed by atoms with Crippen molar-refractivity contribution in [3.05, 3.63) is 46.2 Å². The normalized spacial score (nSPS) is 11.5. The zero-order chi connectivity index (χ0) is 14.6. The Morgan fingerprint density at radius 2 is 2.00 bits per heavy atom. The lowest BCUT2D eigenvalue weighted by atomic mass is 10.2. The molecule has 0 saturated carbocycles. The summed E-state index contributed by atoms with van der Waals surface area (Å²) in [5.41, 5.74) is 6.35. The smallest absolute Gasteiger partial charge is 0.241 e. The van der Waals surface area contributed by atoms with Crippen molar-refractivity contribution in [2.45, 2.75) is 18.0 Å². The number of nitrogens with one attached hydrogen (secondary N) is 1. The van der Waals surface area contributed by atoms with Gasteiger partial charge in [0.15, 0.2) is 0 Å². The van der Waals surface area contributed by atoms with Crippen LogP contribution in [0.2, 0.25) is 0 Å². The molecule has 0 amide bonds. The first-order chi connectivity index (χ1) is 9.55. The summed E-state index contributed by atoms with van der Waals surface area (Å²) in [7, 11) is -1.90. The van der Waals surface area contributed by atoms with Crippen molar-refractivity contribution in [2.75, 3.05) is 7.11 Å². The Morgan fingerprint density at radius 1 is 1.30 bits per heavy atom. The topological polar surface area (TPSA) is 81.4 Å². The van der Waals surface area contributed by atoms with E-state index in [0.29, 0.717) is 6.54 Å². The number of hydrogen-bond acceptors (Lipinski definition) is 5. The van der Waals surface area contributed by atoms with Crippen LogP contribution in [0.3, 0.4) is 0 Å². The van der Waals surface area contributed by atoms with Gasteiger partial charge in [-0.25, -0.2) is 13.1 Å². The molecule has 7 heteroatoms. The molecule has 0 radical (unpaired) electrons. The van der Waals surface area contributed by atoms with Gasteiger partial charge in [-0.15, -0.1) is 11.3 Å². The van der Waals surface area contributed by atoms with Gasteiger partial charge in [0, 0.05) is 23.3 Å². The number of hydrogen-bond donors (Lipinski definition) is 2. The number of thiophene rings is 1. The molecule has 108 valence electrons. The van der Waals surface area contributed by atoms with E-state index in [1.54, 1.807) is 30.7 Å². The highest BCUT2D eigenvalue weighted by Gasteiger charge is 2.15. The van der Waals surface area contributed by atoms with Crippen molar-refractivity contribution >= 4 is 21.4 Å². The van der Waals surface area contributed by atoms with E-state index in [9.17, 15) is 8.42 Å². The summed E-state index contributed by atoms with van der Waals surface area (Å²) in [4.78, 5) is 1.10. The highest BCUT2D eigenvalue weighted by atomic mass is 32.2. The Kier molecular flexibility index (Phi) is 4.77. The number of ether oxygens (including phenoxy) is 1. The van der Waals surface area contributed by atoms with E-state index in [2.05, 4.69) is 4.72 Å². The SMILES string of the molecule is COc1ccc(CNS(=O)(=O)c2csc(CN)c2)cc1. The Bertz CT molecular complexity index is 663. The number of rotatable bonds is 6. The Labute approximate surface area is 122 Å². The first-order valence-corrected chi connectivity index (χ1v) is 8.31. The second kappa shape index (κ2) is 6.36. The molecule has 2 aromatic rings. The third-order valence-corrected chi connectivity index (χ3v) is 5.26. The fraction of sp³-hybridized carbons (Fsp3) is 0.231. The third-order valence-electron chi connectivity index (χ3n) is 2.77. The molecule has 0 spiro atoms. The van der Waals surface area contributed by atoms with Crippen molar-refractivity contribution < 1.29 is 13.2 Å². The molecule has 0 aliphatic heterocycles. The molecule has 0 aliphatic rings. The van der Waals surface area contributed by atoms with Gasteiger partial charge in [-0.05, 0) is 23.8 Å². The van der Waals surface area contributed by atoms with Crippen LogP contribution >= 0.6 is 11.3 Å². The van der Waals surface area contributed by atoms with E-state index >= 15 is 0 Å². The summed E-state index contributed by atoms with van der Waals surface area (Å²) in [5.74, 6) is 0.738. The van der Waals surface area contributed by atoms with Crippen LogP contribution in [0.5, 0.6) is 5.75 Å². The Morgan fingerprint density at radius 3 is 2.55 bits per heavy atom. The van der Waals surface area contributed by atoms with Crippen molar-refractivity contribution in [3.8, 4) is 5.75 Å². The number of methoxy groups -OCH3 is 1. The van der Waals surface area contributed by atoms with Gasteiger partial charge < -0.3 is 10.5 Å². The summed E-state index contributed by atoms with van der Waals surface area (Å²) in [6.45, 7) is 0.582. The van der Waals surface area contributed by atoms with Gasteiger partial charge in [0.05, 0.1) is 12.0 Å². The molecule has 0 atom stereocenters. The van der Waals surface area contributed by atoms with Crippen LogP contribution in [-0.4, -0.2) is 15.5 Å². The maximum absolute atomic E-state index is 12.1. The van der Waals surface area contributed by atoms with Crippen LogP contribution in [0.25, 0.3) is 0 Å². The molecule has 1 aromatic heterocycles. The fourth-order valence-electron chi connectivity index (χ4n) is 1.61. The lowest BCUT2D eigenvalue weighted by molar-refractivity contribution is 0.414. The third kappa shape index (κ3) is 3.57. The molecule has 0 saturated heterocycles. The number of nitrogens with two attached hydrogens (primary N) is 1. The molecule has 2 rings (SSSR count). The number of sulfonamides is 1. The molecule has 0 unspecified atom stereocenters. The Hall–Kier alpha value is -1.41. The van der Waals surface area contributed by atoms with Crippen LogP contribution in [0.1, 0.15) is 10.4 Å². The average molecular weight is 312 g/mol. The Balaban J connectivity index is 2.04. The average Bonchev–Trinajstić information content (AvgIpc) is 2.95. The standard InChI is InChI=1S/C13H16N2O3S2/c1-18-11-4-2-10(3-5-11)8-15-20(16,17)13-6-12(7-14)19-9-13/h2-6,9,15H,7-8,14H2,1H3. The molecule has 0 fully saturated rings. The van der Waals surface area contributed by atoms with Crippen molar-refractivity contribution in [1.29, 1.82) is 0 Å². The van der Waals surface area contributed by atoms with Gasteiger partial charge in [-0.1, -0.05) is 12.1 Å². The van der Waals surface area contributed by atoms with Gasteiger partial charge in [0.25, 0.3) is 0 Å². The molecule has 3 N–H and O–H groups in total. The highest BCUT2D eigenvalue weighted by Crippen LogP contribution is 2.19. The zero-order valence-electron chi connectivity index (χ0n) is 11.0. The fourth-order valence-corrected chi connectivity index (χ4v) is 3.79. The minimum atomic E-state index is -3.49. The second-order valence-corrected chi connectivity index (χ2v) is 6.89. The summed E-state index contributed by atoms with van der Waals surface area (Å²) in [6.07, 6.45) is 0. The van der Waals surface area contributed by atoms with Crippen molar-refractivity contribution in [2.24, 2.45) is 5.73 Å². The van der Waals surface area contributed by atoms with E-state index in [4.69, 9.17) is 10.5 Å². The minimum absolute atomic E-state index is 0.236. The first kappa shape index (κ1) is 15.0. The van der Waals surface area contributed by atoms with Gasteiger partial charge in [0.1, 0.15) is 5.75 Å². The van der Waals surface area contributed by atoms with E-state index < -0.39 is 10.0 Å². The molecule has 0 aliphatic carbocycles. The summed E-state index contributed by atoms with van der Waals surface area (Å²) in [5, 5.41) is 1.60. The van der Waals surface area contributed by atoms with Gasteiger partial charge >= 0.3 is 0 Å². The molecule has 1 aromatic carbocycles. The van der Waals surface area contributed by atoms with E-state index in [-0.39, 0.29) is 11.4 Å². The van der Waals surface area contributed by atoms with Crippen LogP contribution in [0.4, 0.5) is 0 Å². The maximum atomic E-state index is 12.1. The molecule has 0 bridgehead atoms. The lowest BCUT2D eigenvalue weighted by Gasteiger charge is -2.06. The lowest BCUT2D eigenvalue weighted by Crippen LogP contribution is -2.22. The number of benzene rings is 1. The monoisotopic (exact) mass is 312 g/mol. The predicted octanol–water partition coefficient (Wildman–Crippen LogP) is 1.69. The maximum Gasteiger partial charge on any atom is 0.241 e. The summed E-state index contributed by atoms with van der Waals surface area (Å²) in [6, 6.07) is 8.82. The second-order valence-electron chi connectivity index (χ2n) is 4.13. The molecule has 20 heavy (non-hydrogen) atoms. The van der Waals surface area contributed by atoms with Gasteiger partial charge in [-0.3, -0.25) is 0 Å². The summed E-state index contributed by atoms with van der Waals surface area (Å²) < 4.78 is 31.8. The predicted molar refractivity (Wildman–Crippen MR) is 79.2 cm³/mol. The van der Waals surface area contributed by atoms with Crippen molar-refractivity contribution in [1.82, 2.24) is 4.72 Å². The van der Waals surface area contributed by atoms with E-state index in [0.717, 1.165) is 16.2 Å². The molecular formula is C13H16N2O3S2. The summed E-state index contributed by atoms with van der Waals surface area (Å²) >= 11 is 1.34. The largest absolute Gasteiger partial charge is 0.497 e. The van der Waals surface area contributed by atoms with Crippen LogP contribution in [0.15, 0.2) is 40.6 Å². The van der Waals surface area contributed by atoms with Gasteiger partial charge in [-0.2, -0.15) is 0 Å². The van der Waals surface area contributed by atoms with E-state index in [1.807, 2.05) is 12.1 Å². The zero-order valence-corrected chi connectivity index (χ0v) is 12.6. The van der Waals surface area contributed by atoms with Gasteiger partial charge in [0.2, 0.25) is 10.0 Å². The van der Waals surface area contributed by atoms with Crippen molar-refractivity contribution in [3.63, 3.8) is 0 Å². The molecular weight excluding hydrogens is 296 g/mol.